The Morgan fingerprint density at radius 2 is 2.00 bits per heavy atom. The minimum Gasteiger partial charge on any atom is -0.435 e. The summed E-state index contributed by atoms with van der Waals surface area (Å²) in [5, 5.41) is 7.81. The molecule has 0 aliphatic rings. The molecule has 0 fully saturated rings. The molecule has 0 atom stereocenters. The summed E-state index contributed by atoms with van der Waals surface area (Å²) in [5.41, 5.74) is 3.09. The summed E-state index contributed by atoms with van der Waals surface area (Å²) in [5.74, 6) is 1.38. The van der Waals surface area contributed by atoms with Gasteiger partial charge in [-0.2, -0.15) is 5.10 Å². The molecule has 114 valence electrons. The van der Waals surface area contributed by atoms with Crippen molar-refractivity contribution in [1.82, 2.24) is 20.1 Å². The van der Waals surface area contributed by atoms with E-state index in [0.717, 1.165) is 29.2 Å². The zero-order valence-corrected chi connectivity index (χ0v) is 13.7. The van der Waals surface area contributed by atoms with Crippen LogP contribution in [0.5, 0.6) is 11.6 Å². The monoisotopic (exact) mass is 288 g/mol. The topological polar surface area (TPSA) is 52.0 Å². The maximum atomic E-state index is 5.91. The van der Waals surface area contributed by atoms with Crippen LogP contribution in [0.4, 0.5) is 0 Å². The molecule has 0 amide bonds. The second-order valence-electron chi connectivity index (χ2n) is 6.33. The van der Waals surface area contributed by atoms with E-state index in [9.17, 15) is 0 Å². The number of nitrogens with one attached hydrogen (secondary N) is 1. The van der Waals surface area contributed by atoms with Crippen LogP contribution < -0.4 is 10.1 Å². The fourth-order valence-electron chi connectivity index (χ4n) is 1.99. The molecule has 0 aliphatic carbocycles. The van der Waals surface area contributed by atoms with E-state index in [1.807, 2.05) is 37.7 Å². The number of hydrogen-bond donors (Lipinski definition) is 1. The molecular weight excluding hydrogens is 264 g/mol. The van der Waals surface area contributed by atoms with Crippen molar-refractivity contribution in [2.24, 2.45) is 7.05 Å². The quantitative estimate of drug-likeness (QED) is 0.939. The lowest BCUT2D eigenvalue weighted by Crippen LogP contribution is -2.35. The molecule has 0 radical (unpaired) electrons. The minimum absolute atomic E-state index is 0.0841. The summed E-state index contributed by atoms with van der Waals surface area (Å²) >= 11 is 0. The highest BCUT2D eigenvalue weighted by atomic mass is 16.5. The molecule has 2 heterocycles. The molecule has 2 rings (SSSR count). The number of aromatic nitrogens is 3. The second kappa shape index (κ2) is 5.85. The van der Waals surface area contributed by atoms with E-state index in [1.54, 1.807) is 6.20 Å². The highest BCUT2D eigenvalue weighted by Crippen LogP contribution is 2.27. The SMILES string of the molecule is Cc1nn(C)c(C)c1Oc1cc(CNC(C)(C)C)ccn1. The Hall–Kier alpha value is -1.88. The van der Waals surface area contributed by atoms with E-state index in [1.165, 1.54) is 0 Å². The molecular formula is C16H24N4O. The molecule has 0 aromatic carbocycles. The zero-order chi connectivity index (χ0) is 15.6. The van der Waals surface area contributed by atoms with Gasteiger partial charge >= 0.3 is 0 Å². The Labute approximate surface area is 126 Å². The first-order valence-electron chi connectivity index (χ1n) is 7.14. The molecule has 0 saturated heterocycles. The summed E-state index contributed by atoms with van der Waals surface area (Å²) in [7, 11) is 1.91. The Bertz CT molecular complexity index is 626. The van der Waals surface area contributed by atoms with Crippen molar-refractivity contribution in [3.8, 4) is 11.6 Å². The lowest BCUT2D eigenvalue weighted by atomic mass is 10.1. The van der Waals surface area contributed by atoms with Crippen molar-refractivity contribution < 1.29 is 4.74 Å². The molecule has 21 heavy (non-hydrogen) atoms. The van der Waals surface area contributed by atoms with Gasteiger partial charge in [0.2, 0.25) is 5.88 Å². The largest absolute Gasteiger partial charge is 0.435 e. The number of pyridine rings is 1. The first-order valence-corrected chi connectivity index (χ1v) is 7.14. The predicted octanol–water partition coefficient (Wildman–Crippen LogP) is 3.11. The predicted molar refractivity (Wildman–Crippen MR) is 83.6 cm³/mol. The lowest BCUT2D eigenvalue weighted by molar-refractivity contribution is 0.421. The standard InChI is InChI=1S/C16H24N4O/c1-11-15(12(2)20(6)19-11)21-14-9-13(7-8-17-14)10-18-16(3,4)5/h7-9,18H,10H2,1-6H3. The molecule has 0 unspecified atom stereocenters. The Kier molecular flexibility index (Phi) is 4.32. The number of nitrogens with zero attached hydrogens (tertiary/aromatic N) is 3. The average Bonchev–Trinajstić information content (AvgIpc) is 2.63. The summed E-state index contributed by atoms with van der Waals surface area (Å²) in [4.78, 5) is 4.28. The Morgan fingerprint density at radius 3 is 2.57 bits per heavy atom. The van der Waals surface area contributed by atoms with E-state index in [-0.39, 0.29) is 5.54 Å². The van der Waals surface area contributed by atoms with Gasteiger partial charge in [0.25, 0.3) is 0 Å². The van der Waals surface area contributed by atoms with Crippen LogP contribution in [0.25, 0.3) is 0 Å². The van der Waals surface area contributed by atoms with Gasteiger partial charge in [-0.05, 0) is 46.2 Å². The molecule has 1 N–H and O–H groups in total. The van der Waals surface area contributed by atoms with Crippen LogP contribution >= 0.6 is 0 Å². The molecule has 0 bridgehead atoms. The molecule has 0 aliphatic heterocycles. The average molecular weight is 288 g/mol. The van der Waals surface area contributed by atoms with E-state index in [2.05, 4.69) is 36.2 Å². The number of hydrogen-bond acceptors (Lipinski definition) is 4. The van der Waals surface area contributed by atoms with Gasteiger partial charge in [0.05, 0.1) is 5.69 Å². The van der Waals surface area contributed by atoms with Crippen LogP contribution in [0.1, 0.15) is 37.7 Å². The van der Waals surface area contributed by atoms with Crippen molar-refractivity contribution in [3.63, 3.8) is 0 Å². The van der Waals surface area contributed by atoms with E-state index < -0.39 is 0 Å². The highest BCUT2D eigenvalue weighted by molar-refractivity contribution is 5.35. The third-order valence-electron chi connectivity index (χ3n) is 3.27. The molecule has 2 aromatic rings. The molecule has 5 heteroatoms. The first kappa shape index (κ1) is 15.5. The number of aryl methyl sites for hydroxylation is 2. The van der Waals surface area contributed by atoms with Gasteiger partial charge in [0, 0.05) is 31.4 Å². The van der Waals surface area contributed by atoms with Crippen LogP contribution in [0.2, 0.25) is 0 Å². The van der Waals surface area contributed by atoms with E-state index in [4.69, 9.17) is 4.74 Å². The molecule has 5 nitrogen and oxygen atoms in total. The summed E-state index contributed by atoms with van der Waals surface area (Å²) in [6, 6.07) is 3.96. The van der Waals surface area contributed by atoms with Crippen molar-refractivity contribution in [2.75, 3.05) is 0 Å². The zero-order valence-electron chi connectivity index (χ0n) is 13.7. The van der Waals surface area contributed by atoms with Gasteiger partial charge < -0.3 is 10.1 Å². The Morgan fingerprint density at radius 1 is 1.29 bits per heavy atom. The van der Waals surface area contributed by atoms with E-state index in [0.29, 0.717) is 5.88 Å². The van der Waals surface area contributed by atoms with Crippen LogP contribution in [-0.2, 0) is 13.6 Å². The molecule has 0 spiro atoms. The van der Waals surface area contributed by atoms with Crippen LogP contribution in [0, 0.1) is 13.8 Å². The van der Waals surface area contributed by atoms with Crippen LogP contribution in [0.3, 0.4) is 0 Å². The molecule has 2 aromatic heterocycles. The van der Waals surface area contributed by atoms with Gasteiger partial charge in [-0.15, -0.1) is 0 Å². The van der Waals surface area contributed by atoms with Crippen LogP contribution in [-0.4, -0.2) is 20.3 Å². The number of rotatable bonds is 4. The Balaban J connectivity index is 2.14. The van der Waals surface area contributed by atoms with Crippen molar-refractivity contribution >= 4 is 0 Å². The first-order chi connectivity index (χ1) is 9.76. The smallest absolute Gasteiger partial charge is 0.219 e. The van der Waals surface area contributed by atoms with Gasteiger partial charge in [-0.25, -0.2) is 4.98 Å². The number of ether oxygens (including phenoxy) is 1. The van der Waals surface area contributed by atoms with Gasteiger partial charge in [0.1, 0.15) is 5.69 Å². The van der Waals surface area contributed by atoms with Crippen LogP contribution in [0.15, 0.2) is 18.3 Å². The third-order valence-corrected chi connectivity index (χ3v) is 3.27. The van der Waals surface area contributed by atoms with Gasteiger partial charge in [-0.1, -0.05) is 0 Å². The lowest BCUT2D eigenvalue weighted by Gasteiger charge is -2.20. The summed E-state index contributed by atoms with van der Waals surface area (Å²) in [6.45, 7) is 11.1. The van der Waals surface area contributed by atoms with E-state index >= 15 is 0 Å². The fourth-order valence-corrected chi connectivity index (χ4v) is 1.99. The highest BCUT2D eigenvalue weighted by Gasteiger charge is 2.13. The summed E-state index contributed by atoms with van der Waals surface area (Å²) < 4.78 is 7.73. The summed E-state index contributed by atoms with van der Waals surface area (Å²) in [6.07, 6.45) is 1.77. The maximum absolute atomic E-state index is 5.91. The van der Waals surface area contributed by atoms with Gasteiger partial charge in [-0.3, -0.25) is 4.68 Å². The van der Waals surface area contributed by atoms with Gasteiger partial charge in [0.15, 0.2) is 5.75 Å². The minimum atomic E-state index is 0.0841. The fraction of sp³-hybridized carbons (Fsp3) is 0.500. The third kappa shape index (κ3) is 4.04. The normalized spacial score (nSPS) is 11.7. The maximum Gasteiger partial charge on any atom is 0.219 e. The van der Waals surface area contributed by atoms with Crippen molar-refractivity contribution in [2.45, 2.75) is 46.7 Å². The molecule has 0 saturated carbocycles. The van der Waals surface area contributed by atoms with Crippen molar-refractivity contribution in [3.05, 3.63) is 35.3 Å². The second-order valence-corrected chi connectivity index (χ2v) is 6.33. The van der Waals surface area contributed by atoms with Crippen molar-refractivity contribution in [1.29, 1.82) is 0 Å².